The van der Waals surface area contributed by atoms with E-state index in [9.17, 15) is 0 Å². The second-order valence-electron chi connectivity index (χ2n) is 5.87. The molecule has 0 aromatic carbocycles. The van der Waals surface area contributed by atoms with E-state index in [0.29, 0.717) is 12.1 Å². The van der Waals surface area contributed by atoms with Gasteiger partial charge in [0.15, 0.2) is 5.79 Å². The molecule has 18 heavy (non-hydrogen) atoms. The van der Waals surface area contributed by atoms with Crippen LogP contribution in [-0.2, 0) is 9.47 Å². The first-order valence-corrected chi connectivity index (χ1v) is 7.49. The Hall–Kier alpha value is -0.160. The molecule has 104 valence electrons. The second-order valence-corrected chi connectivity index (χ2v) is 5.87. The Morgan fingerprint density at radius 2 is 1.94 bits per heavy atom. The van der Waals surface area contributed by atoms with Crippen molar-refractivity contribution in [1.29, 1.82) is 0 Å². The number of hydrogen-bond acceptors (Lipinski definition) is 4. The summed E-state index contributed by atoms with van der Waals surface area (Å²) in [6.45, 7) is 4.96. The first-order valence-electron chi connectivity index (χ1n) is 7.49. The summed E-state index contributed by atoms with van der Waals surface area (Å²) in [5, 5.41) is 3.51. The maximum absolute atomic E-state index is 5.92. The van der Waals surface area contributed by atoms with Gasteiger partial charge in [-0.3, -0.25) is 4.90 Å². The number of nitrogens with zero attached hydrogens (tertiary/aromatic N) is 1. The molecule has 2 atom stereocenters. The smallest absolute Gasteiger partial charge is 0.170 e. The normalized spacial score (nSPS) is 35.5. The van der Waals surface area contributed by atoms with Crippen molar-refractivity contribution < 1.29 is 9.47 Å². The van der Waals surface area contributed by atoms with Crippen LogP contribution in [-0.4, -0.2) is 55.6 Å². The van der Waals surface area contributed by atoms with Crippen LogP contribution in [0.5, 0.6) is 0 Å². The molecule has 1 N–H and O–H groups in total. The predicted octanol–water partition coefficient (Wildman–Crippen LogP) is 1.35. The lowest BCUT2D eigenvalue weighted by Crippen LogP contribution is -2.57. The zero-order valence-electron chi connectivity index (χ0n) is 11.7. The van der Waals surface area contributed by atoms with E-state index in [2.05, 4.69) is 24.2 Å². The van der Waals surface area contributed by atoms with Crippen molar-refractivity contribution in [2.24, 2.45) is 0 Å². The summed E-state index contributed by atoms with van der Waals surface area (Å²) in [6.07, 6.45) is 5.97. The second kappa shape index (κ2) is 5.08. The number of hydrogen-bond donors (Lipinski definition) is 1. The van der Waals surface area contributed by atoms with Gasteiger partial charge in [0.05, 0.1) is 13.2 Å². The lowest BCUT2D eigenvalue weighted by molar-refractivity contribution is -0.193. The monoisotopic (exact) mass is 254 g/mol. The SMILES string of the molecule is CCN(C1CC1)C1CC2(CCC1NC)OCCO2. The van der Waals surface area contributed by atoms with Crippen LogP contribution in [0.3, 0.4) is 0 Å². The minimum Gasteiger partial charge on any atom is -0.347 e. The summed E-state index contributed by atoms with van der Waals surface area (Å²) in [6, 6.07) is 1.97. The van der Waals surface area contributed by atoms with Crippen LogP contribution in [0.15, 0.2) is 0 Å². The average Bonchev–Trinajstić information content (AvgIpc) is 3.13. The number of nitrogens with one attached hydrogen (secondary N) is 1. The zero-order valence-corrected chi connectivity index (χ0v) is 11.7. The molecule has 1 heterocycles. The average molecular weight is 254 g/mol. The molecule has 1 spiro atoms. The van der Waals surface area contributed by atoms with Gasteiger partial charge < -0.3 is 14.8 Å². The fourth-order valence-electron chi connectivity index (χ4n) is 3.74. The Morgan fingerprint density at radius 3 is 2.50 bits per heavy atom. The quantitative estimate of drug-likeness (QED) is 0.821. The first-order chi connectivity index (χ1) is 8.78. The summed E-state index contributed by atoms with van der Waals surface area (Å²) < 4.78 is 11.8. The van der Waals surface area contributed by atoms with Gasteiger partial charge in [0, 0.05) is 31.0 Å². The van der Waals surface area contributed by atoms with Crippen molar-refractivity contribution in [2.75, 3.05) is 26.8 Å². The largest absolute Gasteiger partial charge is 0.347 e. The van der Waals surface area contributed by atoms with Gasteiger partial charge in [-0.1, -0.05) is 6.92 Å². The van der Waals surface area contributed by atoms with Gasteiger partial charge in [-0.2, -0.15) is 0 Å². The molecule has 2 unspecified atom stereocenters. The van der Waals surface area contributed by atoms with E-state index in [0.717, 1.165) is 45.1 Å². The minimum absolute atomic E-state index is 0.264. The highest BCUT2D eigenvalue weighted by atomic mass is 16.7. The van der Waals surface area contributed by atoms with Gasteiger partial charge in [0.25, 0.3) is 0 Å². The van der Waals surface area contributed by atoms with Crippen LogP contribution in [0.4, 0.5) is 0 Å². The van der Waals surface area contributed by atoms with Gasteiger partial charge >= 0.3 is 0 Å². The Morgan fingerprint density at radius 1 is 1.22 bits per heavy atom. The van der Waals surface area contributed by atoms with Crippen molar-refractivity contribution in [3.05, 3.63) is 0 Å². The molecule has 2 aliphatic carbocycles. The standard InChI is InChI=1S/C14H26N2O2/c1-3-16(11-4-5-11)13-10-14(17-8-9-18-14)7-6-12(13)15-2/h11-13,15H,3-10H2,1-2H3. The molecule has 1 saturated heterocycles. The Kier molecular flexibility index (Phi) is 3.63. The fraction of sp³-hybridized carbons (Fsp3) is 1.00. The molecule has 4 heteroatoms. The minimum atomic E-state index is -0.264. The van der Waals surface area contributed by atoms with Crippen LogP contribution in [0.1, 0.15) is 39.0 Å². The molecule has 0 aromatic rings. The summed E-state index contributed by atoms with van der Waals surface area (Å²) in [4.78, 5) is 2.67. The van der Waals surface area contributed by atoms with E-state index in [-0.39, 0.29) is 5.79 Å². The van der Waals surface area contributed by atoms with Crippen LogP contribution in [0.2, 0.25) is 0 Å². The molecule has 1 aliphatic heterocycles. The number of rotatable bonds is 4. The molecular formula is C14H26N2O2. The van der Waals surface area contributed by atoms with Crippen LogP contribution in [0, 0.1) is 0 Å². The van der Waals surface area contributed by atoms with E-state index in [4.69, 9.17) is 9.47 Å². The highest BCUT2D eigenvalue weighted by Crippen LogP contribution is 2.40. The van der Waals surface area contributed by atoms with Gasteiger partial charge in [0.2, 0.25) is 0 Å². The molecule has 3 aliphatic rings. The van der Waals surface area contributed by atoms with Crippen molar-refractivity contribution in [3.8, 4) is 0 Å². The number of ether oxygens (including phenoxy) is 2. The summed E-state index contributed by atoms with van der Waals surface area (Å²) in [5.41, 5.74) is 0. The van der Waals surface area contributed by atoms with E-state index in [1.54, 1.807) is 0 Å². The molecule has 0 radical (unpaired) electrons. The van der Waals surface area contributed by atoms with Gasteiger partial charge in [-0.15, -0.1) is 0 Å². The van der Waals surface area contributed by atoms with Gasteiger partial charge in [-0.25, -0.2) is 0 Å². The molecular weight excluding hydrogens is 228 g/mol. The topological polar surface area (TPSA) is 33.7 Å². The molecule has 0 bridgehead atoms. The summed E-state index contributed by atoms with van der Waals surface area (Å²) in [7, 11) is 2.09. The van der Waals surface area contributed by atoms with Crippen molar-refractivity contribution in [3.63, 3.8) is 0 Å². The first kappa shape index (κ1) is 12.9. The van der Waals surface area contributed by atoms with Crippen LogP contribution >= 0.6 is 0 Å². The van der Waals surface area contributed by atoms with E-state index < -0.39 is 0 Å². The highest BCUT2D eigenvalue weighted by molar-refractivity contribution is 4.99. The molecule has 0 amide bonds. The van der Waals surface area contributed by atoms with Gasteiger partial charge in [0.1, 0.15) is 0 Å². The van der Waals surface area contributed by atoms with Crippen molar-refractivity contribution in [2.45, 2.75) is 62.9 Å². The Balaban J connectivity index is 1.74. The third kappa shape index (κ3) is 2.31. The fourth-order valence-corrected chi connectivity index (χ4v) is 3.74. The van der Waals surface area contributed by atoms with E-state index in [1.165, 1.54) is 12.8 Å². The zero-order chi connectivity index (χ0) is 12.6. The van der Waals surface area contributed by atoms with Crippen LogP contribution in [0.25, 0.3) is 0 Å². The maximum Gasteiger partial charge on any atom is 0.170 e. The molecule has 3 rings (SSSR count). The molecule has 4 nitrogen and oxygen atoms in total. The molecule has 0 aromatic heterocycles. The molecule has 2 saturated carbocycles. The van der Waals surface area contributed by atoms with Crippen LogP contribution < -0.4 is 5.32 Å². The highest BCUT2D eigenvalue weighted by Gasteiger charge is 2.48. The third-order valence-corrected chi connectivity index (χ3v) is 4.81. The van der Waals surface area contributed by atoms with Crippen molar-refractivity contribution in [1.82, 2.24) is 10.2 Å². The Labute approximate surface area is 110 Å². The Bertz CT molecular complexity index is 288. The van der Waals surface area contributed by atoms with E-state index >= 15 is 0 Å². The maximum atomic E-state index is 5.92. The summed E-state index contributed by atoms with van der Waals surface area (Å²) in [5.74, 6) is -0.264. The molecule has 3 fully saturated rings. The lowest BCUT2D eigenvalue weighted by atomic mass is 9.84. The third-order valence-electron chi connectivity index (χ3n) is 4.81. The number of likely N-dealkylation sites (N-methyl/N-ethyl adjacent to an activating group) is 2. The summed E-state index contributed by atoms with van der Waals surface area (Å²) >= 11 is 0. The predicted molar refractivity (Wildman–Crippen MR) is 70.5 cm³/mol. The van der Waals surface area contributed by atoms with E-state index in [1.807, 2.05) is 0 Å². The van der Waals surface area contributed by atoms with Gasteiger partial charge in [-0.05, 0) is 32.9 Å². The lowest BCUT2D eigenvalue weighted by Gasteiger charge is -2.45. The van der Waals surface area contributed by atoms with Crippen molar-refractivity contribution >= 4 is 0 Å².